The van der Waals surface area contributed by atoms with Gasteiger partial charge in [-0.3, -0.25) is 38.8 Å². The maximum absolute atomic E-state index is 15.5. The molecule has 2 fully saturated rings. The SMILES string of the molecule is COc1c(C#N)ccc(N2C(=O)C(C)(C)N(c3ccc(-c4ccc(OCCNC(=O)COc5cccc6c5C(=O)N(C5CCC(=O)NC5O)C6=O)cc4)nc3)C2=S)c1F. The molecule has 3 aliphatic rings. The number of aromatic nitrogens is 1. The number of aliphatic hydroxyl groups is 1. The zero-order valence-corrected chi connectivity index (χ0v) is 32.7. The van der Waals surface area contributed by atoms with Crippen molar-refractivity contribution in [1.82, 2.24) is 20.5 Å². The number of benzene rings is 3. The highest BCUT2D eigenvalue weighted by Gasteiger charge is 2.51. The van der Waals surface area contributed by atoms with Crippen LogP contribution in [0.3, 0.4) is 0 Å². The molecule has 0 radical (unpaired) electrons. The molecule has 4 aromatic rings. The van der Waals surface area contributed by atoms with E-state index in [1.54, 1.807) is 61.3 Å². The van der Waals surface area contributed by atoms with E-state index in [4.69, 9.17) is 26.4 Å². The number of aliphatic hydroxyl groups excluding tert-OH is 1. The molecule has 2 saturated heterocycles. The predicted octanol–water partition coefficient (Wildman–Crippen LogP) is 3.45. The topological polar surface area (TPSA) is 204 Å². The highest BCUT2D eigenvalue weighted by atomic mass is 32.1. The Bertz CT molecular complexity index is 2440. The summed E-state index contributed by atoms with van der Waals surface area (Å²) in [5.41, 5.74) is 0.586. The number of hydrogen-bond acceptors (Lipinski definition) is 12. The smallest absolute Gasteiger partial charge is 0.265 e. The lowest BCUT2D eigenvalue weighted by Gasteiger charge is -2.33. The summed E-state index contributed by atoms with van der Waals surface area (Å²) >= 11 is 5.68. The second-order valence-corrected chi connectivity index (χ2v) is 14.5. The maximum Gasteiger partial charge on any atom is 0.265 e. The van der Waals surface area contributed by atoms with Gasteiger partial charge >= 0.3 is 0 Å². The molecule has 0 spiro atoms. The van der Waals surface area contributed by atoms with Crippen molar-refractivity contribution in [2.45, 2.75) is 44.5 Å². The minimum absolute atomic E-state index is 0.0182. The van der Waals surface area contributed by atoms with Crippen LogP contribution in [0.1, 0.15) is 53.0 Å². The van der Waals surface area contributed by atoms with Crippen molar-refractivity contribution in [3.8, 4) is 34.6 Å². The number of imide groups is 1. The summed E-state index contributed by atoms with van der Waals surface area (Å²) in [6, 6.07) is 18.7. The number of methoxy groups -OCH3 is 1. The lowest BCUT2D eigenvalue weighted by atomic mass is 10.0. The molecule has 59 heavy (non-hydrogen) atoms. The number of carbonyl (C=O) groups excluding carboxylic acids is 5. The number of amides is 5. The van der Waals surface area contributed by atoms with E-state index in [0.717, 1.165) is 15.4 Å². The Morgan fingerprint density at radius 3 is 2.51 bits per heavy atom. The number of nitrogens with zero attached hydrogens (tertiary/aromatic N) is 5. The van der Waals surface area contributed by atoms with Crippen molar-refractivity contribution < 1.29 is 47.7 Å². The molecule has 16 nitrogen and oxygen atoms in total. The molecule has 1 aromatic heterocycles. The van der Waals surface area contributed by atoms with Gasteiger partial charge in [0, 0.05) is 12.0 Å². The molecule has 18 heteroatoms. The van der Waals surface area contributed by atoms with Crippen molar-refractivity contribution in [2.24, 2.45) is 0 Å². The number of nitrogens with one attached hydrogen (secondary N) is 2. The van der Waals surface area contributed by atoms with Crippen LogP contribution in [0.15, 0.2) is 72.9 Å². The highest BCUT2D eigenvalue weighted by Crippen LogP contribution is 2.40. The largest absolute Gasteiger partial charge is 0.492 e. The van der Waals surface area contributed by atoms with Crippen LogP contribution in [0, 0.1) is 17.1 Å². The van der Waals surface area contributed by atoms with Crippen molar-refractivity contribution in [3.05, 3.63) is 95.4 Å². The summed E-state index contributed by atoms with van der Waals surface area (Å²) in [4.78, 5) is 72.4. The summed E-state index contributed by atoms with van der Waals surface area (Å²) in [5.74, 6) is -3.26. The lowest BCUT2D eigenvalue weighted by molar-refractivity contribution is -0.129. The van der Waals surface area contributed by atoms with Crippen molar-refractivity contribution in [1.29, 1.82) is 5.26 Å². The van der Waals surface area contributed by atoms with Crippen molar-refractivity contribution >= 4 is 58.2 Å². The fourth-order valence-corrected chi connectivity index (χ4v) is 7.66. The minimum atomic E-state index is -1.40. The Hall–Kier alpha value is -6.97. The second kappa shape index (κ2) is 16.1. The van der Waals surface area contributed by atoms with Gasteiger partial charge in [-0.05, 0) is 93.1 Å². The predicted molar refractivity (Wildman–Crippen MR) is 212 cm³/mol. The number of halogens is 1. The minimum Gasteiger partial charge on any atom is -0.492 e. The van der Waals surface area contributed by atoms with Crippen LogP contribution in [0.2, 0.25) is 0 Å². The molecule has 2 atom stereocenters. The maximum atomic E-state index is 15.5. The van der Waals surface area contributed by atoms with Gasteiger partial charge < -0.3 is 34.9 Å². The standard InChI is InChI=1S/C41H36FN7O9S/c1-41(2)39(55)48(28-14-9-23(19-43)35(56-3)34(28)42)40(59)49(41)24-10-13-27(45-20-24)22-7-11-25(12-8-22)57-18-17-44-32(51)21-58-30-6-4-5-26-33(30)38(54)47(37(26)53)29-15-16-31(50)46-36(29)52/h4-14,20,29,36,52H,15-18,21H2,1-3H3,(H,44,51)(H,46,50). The summed E-state index contributed by atoms with van der Waals surface area (Å²) in [6.07, 6.45) is 0.325. The number of anilines is 2. The first kappa shape index (κ1) is 40.2. The second-order valence-electron chi connectivity index (χ2n) is 14.1. The Morgan fingerprint density at radius 1 is 1.07 bits per heavy atom. The molecule has 7 rings (SSSR count). The monoisotopic (exact) mass is 821 g/mol. The van der Waals surface area contributed by atoms with Gasteiger partial charge in [-0.2, -0.15) is 5.26 Å². The van der Waals surface area contributed by atoms with Crippen LogP contribution in [-0.4, -0.2) is 94.3 Å². The molecule has 3 aromatic carbocycles. The molecule has 4 heterocycles. The number of piperidine rings is 1. The fourth-order valence-electron chi connectivity index (χ4n) is 7.15. The zero-order valence-electron chi connectivity index (χ0n) is 31.9. The van der Waals surface area contributed by atoms with Gasteiger partial charge in [-0.1, -0.05) is 6.07 Å². The lowest BCUT2D eigenvalue weighted by Crippen LogP contribution is -2.57. The highest BCUT2D eigenvalue weighted by molar-refractivity contribution is 7.81. The molecule has 3 aliphatic heterocycles. The average molecular weight is 822 g/mol. The van der Waals surface area contributed by atoms with Gasteiger partial charge in [0.25, 0.3) is 23.6 Å². The van der Waals surface area contributed by atoms with Crippen LogP contribution >= 0.6 is 12.2 Å². The van der Waals surface area contributed by atoms with Crippen LogP contribution in [-0.2, 0) is 14.4 Å². The number of nitriles is 1. The Kier molecular flexibility index (Phi) is 11.0. The molecular formula is C41H36FN7O9S. The summed E-state index contributed by atoms with van der Waals surface area (Å²) in [7, 11) is 1.24. The van der Waals surface area contributed by atoms with E-state index in [1.165, 1.54) is 37.4 Å². The number of rotatable bonds is 12. The molecule has 2 unspecified atom stereocenters. The summed E-state index contributed by atoms with van der Waals surface area (Å²) in [6.45, 7) is 3.15. The first-order valence-corrected chi connectivity index (χ1v) is 18.7. The first-order valence-electron chi connectivity index (χ1n) is 18.3. The molecule has 0 saturated carbocycles. The van der Waals surface area contributed by atoms with E-state index in [-0.39, 0.29) is 70.9 Å². The quantitative estimate of drug-likeness (QED) is 0.107. The third kappa shape index (κ3) is 7.37. The van der Waals surface area contributed by atoms with Gasteiger partial charge in [-0.25, -0.2) is 4.39 Å². The normalized spacial score (nSPS) is 18.4. The number of carbonyl (C=O) groups is 5. The van der Waals surface area contributed by atoms with Gasteiger partial charge in [-0.15, -0.1) is 0 Å². The average Bonchev–Trinajstić information content (AvgIpc) is 3.58. The Balaban J connectivity index is 0.910. The van der Waals surface area contributed by atoms with E-state index >= 15 is 4.39 Å². The van der Waals surface area contributed by atoms with E-state index in [1.807, 2.05) is 6.07 Å². The van der Waals surface area contributed by atoms with Gasteiger partial charge in [0.15, 0.2) is 23.3 Å². The molecule has 3 N–H and O–H groups in total. The van der Waals surface area contributed by atoms with Crippen LogP contribution in [0.5, 0.6) is 17.2 Å². The number of fused-ring (bicyclic) bond motifs is 1. The summed E-state index contributed by atoms with van der Waals surface area (Å²) < 4.78 is 32.0. The van der Waals surface area contributed by atoms with Crippen molar-refractivity contribution in [2.75, 3.05) is 36.7 Å². The zero-order chi connectivity index (χ0) is 42.2. The number of ether oxygens (including phenoxy) is 3. The number of pyridine rings is 1. The first-order chi connectivity index (χ1) is 28.3. The third-order valence-electron chi connectivity index (χ3n) is 10.1. The van der Waals surface area contributed by atoms with E-state index in [0.29, 0.717) is 17.1 Å². The van der Waals surface area contributed by atoms with Crippen LogP contribution in [0.4, 0.5) is 15.8 Å². The molecule has 302 valence electrons. The van der Waals surface area contributed by atoms with E-state index in [9.17, 15) is 34.3 Å². The third-order valence-corrected chi connectivity index (χ3v) is 10.5. The number of hydrogen-bond donors (Lipinski definition) is 3. The van der Waals surface area contributed by atoms with E-state index in [2.05, 4.69) is 15.6 Å². The Morgan fingerprint density at radius 2 is 1.83 bits per heavy atom. The molecule has 0 aliphatic carbocycles. The fraction of sp³-hybridized carbons (Fsp3) is 0.268. The van der Waals surface area contributed by atoms with Crippen LogP contribution < -0.4 is 34.6 Å². The van der Waals surface area contributed by atoms with Gasteiger partial charge in [0.2, 0.25) is 5.91 Å². The summed E-state index contributed by atoms with van der Waals surface area (Å²) in [5, 5.41) is 24.7. The molecule has 0 bridgehead atoms. The van der Waals surface area contributed by atoms with Crippen molar-refractivity contribution in [3.63, 3.8) is 0 Å². The Labute approximate surface area is 342 Å². The van der Waals surface area contributed by atoms with Gasteiger partial charge in [0.05, 0.1) is 59.7 Å². The number of thiocarbonyl (C=S) groups is 1. The molecular weight excluding hydrogens is 786 g/mol. The van der Waals surface area contributed by atoms with Gasteiger partial charge in [0.1, 0.15) is 35.9 Å². The van der Waals surface area contributed by atoms with Crippen LogP contribution in [0.25, 0.3) is 11.3 Å². The van der Waals surface area contributed by atoms with E-state index < -0.39 is 53.9 Å². The molecule has 5 amide bonds.